The number of anilines is 1. The second-order valence-electron chi connectivity index (χ2n) is 10.4. The van der Waals surface area contributed by atoms with Gasteiger partial charge in [0.2, 0.25) is 5.91 Å². The molecule has 3 aromatic rings. The normalized spacial score (nSPS) is 16.3. The maximum absolute atomic E-state index is 13.0. The van der Waals surface area contributed by atoms with Crippen LogP contribution in [-0.2, 0) is 17.8 Å². The van der Waals surface area contributed by atoms with E-state index in [0.717, 1.165) is 35.9 Å². The van der Waals surface area contributed by atoms with Crippen LogP contribution >= 0.6 is 11.6 Å². The molecule has 3 aliphatic rings. The molecule has 0 bridgehead atoms. The fourth-order valence-electron chi connectivity index (χ4n) is 5.41. The number of nitrogens with zero attached hydrogens (tertiary/aromatic N) is 4. The number of amides is 1. The van der Waals surface area contributed by atoms with Crippen molar-refractivity contribution in [3.63, 3.8) is 0 Å². The van der Waals surface area contributed by atoms with Crippen molar-refractivity contribution in [2.24, 2.45) is 0 Å². The third-order valence-electron chi connectivity index (χ3n) is 7.73. The Balaban J connectivity index is 0.000000191. The van der Waals surface area contributed by atoms with Gasteiger partial charge in [-0.3, -0.25) is 19.5 Å². The molecule has 1 aliphatic carbocycles. The minimum atomic E-state index is -0.0547. The molecule has 1 N–H and O–H groups in total. The largest absolute Gasteiger partial charge is 0.372 e. The predicted molar refractivity (Wildman–Crippen MR) is 165 cm³/mol. The van der Waals surface area contributed by atoms with Crippen LogP contribution in [0.2, 0.25) is 5.02 Å². The molecule has 1 aromatic heterocycles. The van der Waals surface area contributed by atoms with E-state index in [-0.39, 0.29) is 12.3 Å². The molecule has 1 amide bonds. The van der Waals surface area contributed by atoms with Crippen LogP contribution in [0.4, 0.5) is 5.69 Å². The Hall–Kier alpha value is -3.78. The van der Waals surface area contributed by atoms with Gasteiger partial charge in [-0.05, 0) is 36.4 Å². The smallest absolute Gasteiger partial charge is 0.231 e. The highest BCUT2D eigenvalue weighted by atomic mass is 35.5. The van der Waals surface area contributed by atoms with Crippen LogP contribution in [0.1, 0.15) is 27.9 Å². The topological polar surface area (TPSA) is 68.8 Å². The lowest BCUT2D eigenvalue weighted by molar-refractivity contribution is -0.118. The number of aldehydes is 1. The van der Waals surface area contributed by atoms with Crippen molar-refractivity contribution >= 4 is 29.5 Å². The summed E-state index contributed by atoms with van der Waals surface area (Å²) in [6, 6.07) is 16.9. The van der Waals surface area contributed by atoms with Gasteiger partial charge in [0, 0.05) is 73.7 Å². The molecule has 6 rings (SSSR count). The Kier molecular flexibility index (Phi) is 9.62. The van der Waals surface area contributed by atoms with Crippen LogP contribution in [0.5, 0.6) is 0 Å². The number of aromatic nitrogens is 1. The van der Waals surface area contributed by atoms with Crippen molar-refractivity contribution in [2.45, 2.75) is 19.4 Å². The lowest BCUT2D eigenvalue weighted by atomic mass is 10.0. The van der Waals surface area contributed by atoms with Crippen molar-refractivity contribution in [1.82, 2.24) is 20.1 Å². The van der Waals surface area contributed by atoms with Crippen molar-refractivity contribution < 1.29 is 9.59 Å². The first-order valence-corrected chi connectivity index (χ1v) is 14.5. The molecular weight excluding hydrogens is 534 g/mol. The average molecular weight is 570 g/mol. The van der Waals surface area contributed by atoms with Crippen LogP contribution in [0.15, 0.2) is 84.7 Å². The van der Waals surface area contributed by atoms with Crippen molar-refractivity contribution in [1.29, 1.82) is 0 Å². The first-order valence-electron chi connectivity index (χ1n) is 14.1. The number of hydrogen-bond acceptors (Lipinski definition) is 6. The Morgan fingerprint density at radius 1 is 1.05 bits per heavy atom. The molecule has 1 saturated heterocycles. The Morgan fingerprint density at radius 3 is 2.56 bits per heavy atom. The number of pyridine rings is 1. The van der Waals surface area contributed by atoms with Gasteiger partial charge in [0.15, 0.2) is 6.29 Å². The van der Waals surface area contributed by atoms with Crippen LogP contribution in [0, 0.1) is 0 Å². The first-order chi connectivity index (χ1) is 20.1. The van der Waals surface area contributed by atoms with Crippen LogP contribution < -0.4 is 10.2 Å². The number of benzene rings is 2. The number of fused-ring (bicyclic) bond motifs is 3. The minimum absolute atomic E-state index is 0.0547. The van der Waals surface area contributed by atoms with Crippen LogP contribution in [0.3, 0.4) is 0 Å². The summed E-state index contributed by atoms with van der Waals surface area (Å²) >= 11 is 6.30. The van der Waals surface area contributed by atoms with Gasteiger partial charge in [0.25, 0.3) is 0 Å². The zero-order valence-electron chi connectivity index (χ0n) is 23.4. The highest BCUT2D eigenvalue weighted by molar-refractivity contribution is 6.31. The number of hydrogen-bond donors (Lipinski definition) is 1. The molecule has 0 atom stereocenters. The second kappa shape index (κ2) is 13.7. The summed E-state index contributed by atoms with van der Waals surface area (Å²) in [5.74, 6) is -0.0547. The van der Waals surface area contributed by atoms with Gasteiger partial charge in [-0.25, -0.2) is 0 Å². The number of halogens is 1. The summed E-state index contributed by atoms with van der Waals surface area (Å²) in [6.45, 7) is 7.40. The molecule has 2 aliphatic heterocycles. The fourth-order valence-corrected chi connectivity index (χ4v) is 5.61. The summed E-state index contributed by atoms with van der Waals surface area (Å²) in [4.78, 5) is 35.5. The SMILES string of the molecule is CNCCN1CCN(C2=CC=CC2)CC1.O=Cc1cnc2c(c1)N(Cc1ccccc1Cl)C(=O)Cc1ccccc1-2. The highest BCUT2D eigenvalue weighted by Crippen LogP contribution is 2.36. The zero-order chi connectivity index (χ0) is 28.6. The molecule has 0 unspecified atom stereocenters. The number of rotatable bonds is 7. The molecule has 2 aromatic carbocycles. The summed E-state index contributed by atoms with van der Waals surface area (Å²) in [5.41, 5.74) is 5.94. The van der Waals surface area contributed by atoms with E-state index < -0.39 is 0 Å². The Morgan fingerprint density at radius 2 is 1.83 bits per heavy atom. The maximum Gasteiger partial charge on any atom is 0.231 e. The van der Waals surface area contributed by atoms with Gasteiger partial charge in [-0.1, -0.05) is 66.2 Å². The molecule has 7 nitrogen and oxygen atoms in total. The molecule has 1 fully saturated rings. The Bertz CT molecular complexity index is 1450. The van der Waals surface area contributed by atoms with E-state index in [4.69, 9.17) is 11.6 Å². The van der Waals surface area contributed by atoms with E-state index in [1.165, 1.54) is 44.6 Å². The zero-order valence-corrected chi connectivity index (χ0v) is 24.2. The van der Waals surface area contributed by atoms with E-state index in [1.54, 1.807) is 17.0 Å². The molecule has 0 saturated carbocycles. The second-order valence-corrected chi connectivity index (χ2v) is 10.8. The monoisotopic (exact) mass is 569 g/mol. The molecule has 212 valence electrons. The number of allylic oxidation sites excluding steroid dienone is 3. The molecule has 0 spiro atoms. The van der Waals surface area contributed by atoms with Crippen LogP contribution in [0.25, 0.3) is 11.3 Å². The standard InChI is InChI=1S/C21H15ClN2O2.C12H21N3/c22-18-8-4-2-6-16(18)12-24-19-9-14(13-25)11-23-21(19)17-7-3-1-5-15(17)10-20(24)26;1-13-6-7-14-8-10-15(11-9-14)12-4-2-3-5-12/h1-9,11,13H,10,12H2;2-4,13H,5-11H2,1H3. The molecular formula is C33H36ClN5O2. The van der Waals surface area contributed by atoms with Gasteiger partial charge >= 0.3 is 0 Å². The number of likely N-dealkylation sites (N-methyl/N-ethyl adjacent to an activating group) is 1. The number of piperazine rings is 1. The highest BCUT2D eigenvalue weighted by Gasteiger charge is 2.27. The lowest BCUT2D eigenvalue weighted by Gasteiger charge is -2.36. The van der Waals surface area contributed by atoms with Gasteiger partial charge in [0.1, 0.15) is 0 Å². The van der Waals surface area contributed by atoms with E-state index in [9.17, 15) is 9.59 Å². The molecule has 3 heterocycles. The molecule has 0 radical (unpaired) electrons. The fraction of sp³-hybridized carbons (Fsp3) is 0.303. The Labute approximate surface area is 247 Å². The van der Waals surface area contributed by atoms with Crippen LogP contribution in [-0.4, -0.2) is 73.3 Å². The summed E-state index contributed by atoms with van der Waals surface area (Å²) in [5, 5.41) is 3.80. The third kappa shape index (κ3) is 6.93. The van der Waals surface area contributed by atoms with E-state index in [2.05, 4.69) is 38.3 Å². The van der Waals surface area contributed by atoms with Crippen molar-refractivity contribution in [2.75, 3.05) is 51.2 Å². The summed E-state index contributed by atoms with van der Waals surface area (Å²) < 4.78 is 0. The van der Waals surface area contributed by atoms with Gasteiger partial charge in [0.05, 0.1) is 24.3 Å². The molecule has 41 heavy (non-hydrogen) atoms. The number of carbonyl (C=O) groups is 2. The first kappa shape index (κ1) is 28.7. The maximum atomic E-state index is 13.0. The molecule has 8 heteroatoms. The van der Waals surface area contributed by atoms with E-state index in [0.29, 0.717) is 28.5 Å². The number of nitrogens with one attached hydrogen (secondary N) is 1. The minimum Gasteiger partial charge on any atom is -0.372 e. The quantitative estimate of drug-likeness (QED) is 0.405. The summed E-state index contributed by atoms with van der Waals surface area (Å²) in [6.07, 6.45) is 10.3. The van der Waals surface area contributed by atoms with Gasteiger partial charge in [-0.15, -0.1) is 0 Å². The van der Waals surface area contributed by atoms with E-state index in [1.807, 2.05) is 49.5 Å². The summed E-state index contributed by atoms with van der Waals surface area (Å²) in [7, 11) is 2.02. The lowest BCUT2D eigenvalue weighted by Crippen LogP contribution is -2.47. The van der Waals surface area contributed by atoms with Gasteiger partial charge < -0.3 is 15.1 Å². The van der Waals surface area contributed by atoms with Crippen molar-refractivity contribution in [3.8, 4) is 11.3 Å². The average Bonchev–Trinajstić information content (AvgIpc) is 3.52. The third-order valence-corrected chi connectivity index (χ3v) is 8.09. The van der Waals surface area contributed by atoms with E-state index >= 15 is 0 Å². The predicted octanol–water partition coefficient (Wildman–Crippen LogP) is 4.97. The number of carbonyl (C=O) groups excluding carboxylic acids is 2. The van der Waals surface area contributed by atoms with Gasteiger partial charge in [-0.2, -0.15) is 0 Å². The van der Waals surface area contributed by atoms with Crippen molar-refractivity contribution in [3.05, 3.63) is 106 Å².